The van der Waals surface area contributed by atoms with Gasteiger partial charge < -0.3 is 4.74 Å². The summed E-state index contributed by atoms with van der Waals surface area (Å²) >= 11 is 2.49. The second-order valence-corrected chi connectivity index (χ2v) is 4.84. The number of hydrogen-bond acceptors (Lipinski definition) is 1. The third-order valence-corrected chi connectivity index (χ3v) is 4.26. The van der Waals surface area contributed by atoms with E-state index in [9.17, 15) is 0 Å². The van der Waals surface area contributed by atoms with Crippen LogP contribution in [0.2, 0.25) is 0 Å². The van der Waals surface area contributed by atoms with Crippen molar-refractivity contribution in [2.75, 3.05) is 11.0 Å². The Hall–Kier alpha value is 0.690. The zero-order valence-electron chi connectivity index (χ0n) is 8.65. The van der Waals surface area contributed by atoms with Gasteiger partial charge in [-0.1, -0.05) is 55.2 Å². The van der Waals surface area contributed by atoms with E-state index in [0.717, 1.165) is 13.0 Å². The zero-order valence-corrected chi connectivity index (χ0v) is 10.8. The van der Waals surface area contributed by atoms with Crippen molar-refractivity contribution < 1.29 is 4.74 Å². The third kappa shape index (κ3) is 3.74. The van der Waals surface area contributed by atoms with Gasteiger partial charge in [0.2, 0.25) is 0 Å². The van der Waals surface area contributed by atoms with Crippen LogP contribution in [0.15, 0.2) is 0 Å². The summed E-state index contributed by atoms with van der Waals surface area (Å²) in [4.78, 5) is 0. The smallest absolute Gasteiger partial charge is 0.0771 e. The Labute approximate surface area is 95.8 Å². The van der Waals surface area contributed by atoms with Crippen molar-refractivity contribution in [2.24, 2.45) is 0 Å². The van der Waals surface area contributed by atoms with Crippen LogP contribution < -0.4 is 0 Å². The molecular formula is C11H21IO. The quantitative estimate of drug-likeness (QED) is 0.434. The molecule has 0 heterocycles. The van der Waals surface area contributed by atoms with Crippen molar-refractivity contribution in [3.63, 3.8) is 0 Å². The van der Waals surface area contributed by atoms with Crippen molar-refractivity contribution in [2.45, 2.75) is 57.5 Å². The lowest BCUT2D eigenvalue weighted by Crippen LogP contribution is -2.34. The predicted molar refractivity (Wildman–Crippen MR) is 65.6 cm³/mol. The van der Waals surface area contributed by atoms with E-state index in [4.69, 9.17) is 4.74 Å². The number of halogens is 1. The van der Waals surface area contributed by atoms with Crippen LogP contribution in [0.3, 0.4) is 0 Å². The molecule has 1 aliphatic rings. The number of ether oxygens (including phenoxy) is 1. The highest BCUT2D eigenvalue weighted by molar-refractivity contribution is 14.1. The van der Waals surface area contributed by atoms with Crippen LogP contribution in [-0.4, -0.2) is 16.6 Å². The lowest BCUT2D eigenvalue weighted by molar-refractivity contribution is -0.0357. The van der Waals surface area contributed by atoms with E-state index < -0.39 is 0 Å². The maximum atomic E-state index is 6.04. The molecule has 0 spiro atoms. The van der Waals surface area contributed by atoms with Gasteiger partial charge in [-0.05, 0) is 19.3 Å². The Morgan fingerprint density at radius 1 is 1.15 bits per heavy atom. The summed E-state index contributed by atoms with van der Waals surface area (Å²) in [5.41, 5.74) is 0.243. The second-order valence-electron chi connectivity index (χ2n) is 4.08. The largest absolute Gasteiger partial charge is 0.374 e. The van der Waals surface area contributed by atoms with Gasteiger partial charge in [0.05, 0.1) is 5.60 Å². The predicted octanol–water partition coefficient (Wildman–Crippen LogP) is 3.94. The van der Waals surface area contributed by atoms with Gasteiger partial charge in [-0.3, -0.25) is 0 Å². The van der Waals surface area contributed by atoms with Crippen LogP contribution >= 0.6 is 22.6 Å². The van der Waals surface area contributed by atoms with Gasteiger partial charge in [-0.15, -0.1) is 0 Å². The molecule has 78 valence electrons. The molecule has 1 rings (SSSR count). The molecule has 0 bridgehead atoms. The van der Waals surface area contributed by atoms with Crippen LogP contribution in [0.5, 0.6) is 0 Å². The molecule has 0 atom stereocenters. The van der Waals surface area contributed by atoms with Gasteiger partial charge in [0, 0.05) is 11.0 Å². The highest BCUT2D eigenvalue weighted by Gasteiger charge is 2.30. The maximum Gasteiger partial charge on any atom is 0.0771 e. The van der Waals surface area contributed by atoms with Crippen LogP contribution in [-0.2, 0) is 4.74 Å². The standard InChI is InChI=1S/C11H21IO/c1-2-9-13-11(10-12)7-5-3-4-6-8-11/h2-10H2,1H3. The molecule has 1 aliphatic carbocycles. The topological polar surface area (TPSA) is 9.23 Å². The molecule has 0 aromatic rings. The normalized spacial score (nSPS) is 22.6. The van der Waals surface area contributed by atoms with Crippen LogP contribution in [0.25, 0.3) is 0 Å². The highest BCUT2D eigenvalue weighted by atomic mass is 127. The number of alkyl halides is 1. The summed E-state index contributed by atoms with van der Waals surface area (Å²) in [6.07, 6.45) is 9.28. The molecule has 0 saturated heterocycles. The molecule has 1 nitrogen and oxygen atoms in total. The summed E-state index contributed by atoms with van der Waals surface area (Å²) in [5.74, 6) is 0. The molecule has 0 aromatic carbocycles. The molecule has 0 radical (unpaired) electrons. The van der Waals surface area contributed by atoms with E-state index in [2.05, 4.69) is 29.5 Å². The van der Waals surface area contributed by atoms with Gasteiger partial charge in [-0.25, -0.2) is 0 Å². The summed E-state index contributed by atoms with van der Waals surface area (Å²) in [5, 5.41) is 0. The van der Waals surface area contributed by atoms with Crippen LogP contribution in [0.1, 0.15) is 51.9 Å². The van der Waals surface area contributed by atoms with Crippen molar-refractivity contribution in [3.8, 4) is 0 Å². The third-order valence-electron chi connectivity index (χ3n) is 2.87. The minimum Gasteiger partial charge on any atom is -0.374 e. The van der Waals surface area contributed by atoms with Crippen molar-refractivity contribution in [1.82, 2.24) is 0 Å². The lowest BCUT2D eigenvalue weighted by atomic mass is 9.97. The Bertz CT molecular complexity index is 128. The van der Waals surface area contributed by atoms with E-state index in [1.165, 1.54) is 43.0 Å². The molecule has 0 unspecified atom stereocenters. The van der Waals surface area contributed by atoms with Crippen molar-refractivity contribution in [1.29, 1.82) is 0 Å². The summed E-state index contributed by atoms with van der Waals surface area (Å²) < 4.78 is 7.21. The number of hydrogen-bond donors (Lipinski definition) is 0. The van der Waals surface area contributed by atoms with Gasteiger partial charge in [0.25, 0.3) is 0 Å². The van der Waals surface area contributed by atoms with Crippen molar-refractivity contribution >= 4 is 22.6 Å². The van der Waals surface area contributed by atoms with E-state index in [1.54, 1.807) is 0 Å². The van der Waals surface area contributed by atoms with E-state index in [1.807, 2.05) is 0 Å². The van der Waals surface area contributed by atoms with E-state index >= 15 is 0 Å². The molecule has 2 heteroatoms. The fourth-order valence-corrected chi connectivity index (χ4v) is 2.99. The fraction of sp³-hybridized carbons (Fsp3) is 1.00. The Balaban J connectivity index is 2.43. The molecule has 0 aliphatic heterocycles. The van der Waals surface area contributed by atoms with Crippen molar-refractivity contribution in [3.05, 3.63) is 0 Å². The lowest BCUT2D eigenvalue weighted by Gasteiger charge is -2.31. The first-order chi connectivity index (χ1) is 6.33. The summed E-state index contributed by atoms with van der Waals surface area (Å²) in [6, 6.07) is 0. The van der Waals surface area contributed by atoms with E-state index in [-0.39, 0.29) is 5.60 Å². The van der Waals surface area contributed by atoms with Gasteiger partial charge >= 0.3 is 0 Å². The second kappa shape index (κ2) is 6.23. The Kier molecular flexibility index (Phi) is 5.63. The van der Waals surface area contributed by atoms with Gasteiger partial charge in [0.15, 0.2) is 0 Å². The molecular weight excluding hydrogens is 275 g/mol. The average Bonchev–Trinajstić information content (AvgIpc) is 2.41. The molecule has 13 heavy (non-hydrogen) atoms. The first-order valence-electron chi connectivity index (χ1n) is 5.53. The molecule has 0 aromatic heterocycles. The fourth-order valence-electron chi connectivity index (χ4n) is 2.01. The minimum atomic E-state index is 0.243. The molecule has 1 saturated carbocycles. The summed E-state index contributed by atoms with van der Waals surface area (Å²) in [7, 11) is 0. The minimum absolute atomic E-state index is 0.243. The van der Waals surface area contributed by atoms with Gasteiger partial charge in [0.1, 0.15) is 0 Å². The monoisotopic (exact) mass is 296 g/mol. The highest BCUT2D eigenvalue weighted by Crippen LogP contribution is 2.32. The Morgan fingerprint density at radius 3 is 2.23 bits per heavy atom. The zero-order chi connectivity index (χ0) is 9.57. The average molecular weight is 296 g/mol. The van der Waals surface area contributed by atoms with Crippen LogP contribution in [0, 0.1) is 0 Å². The first kappa shape index (κ1) is 11.8. The maximum absolute atomic E-state index is 6.04. The SMILES string of the molecule is CCCOC1(CI)CCCCCC1. The molecule has 0 N–H and O–H groups in total. The van der Waals surface area contributed by atoms with Gasteiger partial charge in [-0.2, -0.15) is 0 Å². The Morgan fingerprint density at radius 2 is 1.77 bits per heavy atom. The molecule has 1 fully saturated rings. The van der Waals surface area contributed by atoms with E-state index in [0.29, 0.717) is 0 Å². The first-order valence-corrected chi connectivity index (χ1v) is 7.05. The number of rotatable bonds is 4. The van der Waals surface area contributed by atoms with Crippen LogP contribution in [0.4, 0.5) is 0 Å². The molecule has 0 amide bonds. The summed E-state index contributed by atoms with van der Waals surface area (Å²) in [6.45, 7) is 3.14.